The second-order valence-corrected chi connectivity index (χ2v) is 7.57. The van der Waals surface area contributed by atoms with Crippen LogP contribution in [-0.2, 0) is 16.1 Å². The Kier molecular flexibility index (Phi) is 5.77. The van der Waals surface area contributed by atoms with Crippen molar-refractivity contribution in [2.75, 3.05) is 25.5 Å². The molecule has 1 saturated heterocycles. The SMILES string of the molecule is CNC(=O)Cn1ccc2ccc(NC(=O)[C@@]34CCCC[C@H]3CNC4)cc21.Cl. The Labute approximate surface area is 165 Å². The number of amides is 2. The first-order valence-electron chi connectivity index (χ1n) is 9.44. The second-order valence-electron chi connectivity index (χ2n) is 7.57. The number of halogens is 1. The third-order valence-corrected chi connectivity index (χ3v) is 6.11. The molecule has 2 aromatic rings. The van der Waals surface area contributed by atoms with Crippen LogP contribution in [-0.4, -0.2) is 36.5 Å². The number of hydrogen-bond donors (Lipinski definition) is 3. The Hall–Kier alpha value is -2.05. The fraction of sp³-hybridized carbons (Fsp3) is 0.500. The van der Waals surface area contributed by atoms with Gasteiger partial charge in [-0.25, -0.2) is 0 Å². The number of nitrogens with zero attached hydrogens (tertiary/aromatic N) is 1. The summed E-state index contributed by atoms with van der Waals surface area (Å²) in [6, 6.07) is 7.89. The van der Waals surface area contributed by atoms with Crippen LogP contribution in [0.2, 0.25) is 0 Å². The van der Waals surface area contributed by atoms with Gasteiger partial charge in [0, 0.05) is 25.5 Å². The van der Waals surface area contributed by atoms with Crippen molar-refractivity contribution in [1.82, 2.24) is 15.2 Å². The molecule has 0 radical (unpaired) electrons. The van der Waals surface area contributed by atoms with E-state index < -0.39 is 0 Å². The highest BCUT2D eigenvalue weighted by molar-refractivity contribution is 5.98. The number of benzene rings is 1. The van der Waals surface area contributed by atoms with Crippen molar-refractivity contribution in [3.8, 4) is 0 Å². The molecule has 2 heterocycles. The van der Waals surface area contributed by atoms with E-state index in [1.54, 1.807) is 7.05 Å². The van der Waals surface area contributed by atoms with Crippen molar-refractivity contribution in [3.05, 3.63) is 30.5 Å². The molecule has 2 aliphatic rings. The highest BCUT2D eigenvalue weighted by atomic mass is 35.5. The average molecular weight is 391 g/mol. The summed E-state index contributed by atoms with van der Waals surface area (Å²) < 4.78 is 1.91. The van der Waals surface area contributed by atoms with Crippen LogP contribution < -0.4 is 16.0 Å². The fourth-order valence-corrected chi connectivity index (χ4v) is 4.58. The van der Waals surface area contributed by atoms with E-state index in [4.69, 9.17) is 0 Å². The standard InChI is InChI=1S/C20H26N4O2.ClH/c1-21-18(25)12-24-9-7-14-5-6-16(10-17(14)24)23-19(26)20-8-3-2-4-15(20)11-22-13-20;/h5-7,9-10,15,22H,2-4,8,11-13H2,1H3,(H,21,25)(H,23,26);1H/t15-,20+;/m0./s1. The molecule has 1 aromatic heterocycles. The van der Waals surface area contributed by atoms with Crippen molar-refractivity contribution in [1.29, 1.82) is 0 Å². The summed E-state index contributed by atoms with van der Waals surface area (Å²) in [4.78, 5) is 24.8. The van der Waals surface area contributed by atoms with Gasteiger partial charge in [0.25, 0.3) is 0 Å². The van der Waals surface area contributed by atoms with Gasteiger partial charge < -0.3 is 20.5 Å². The molecule has 2 amide bonds. The normalized spacial score (nSPS) is 24.1. The molecule has 3 N–H and O–H groups in total. The minimum atomic E-state index is -0.267. The van der Waals surface area contributed by atoms with E-state index in [0.717, 1.165) is 48.9 Å². The number of hydrogen-bond acceptors (Lipinski definition) is 3. The molecule has 2 atom stereocenters. The van der Waals surface area contributed by atoms with Gasteiger partial charge in [-0.05, 0) is 48.9 Å². The van der Waals surface area contributed by atoms with Crippen molar-refractivity contribution in [3.63, 3.8) is 0 Å². The van der Waals surface area contributed by atoms with E-state index in [0.29, 0.717) is 5.92 Å². The smallest absolute Gasteiger partial charge is 0.239 e. The lowest BCUT2D eigenvalue weighted by atomic mass is 9.67. The first-order chi connectivity index (χ1) is 12.6. The topological polar surface area (TPSA) is 75.2 Å². The van der Waals surface area contributed by atoms with Crippen LogP contribution in [0.5, 0.6) is 0 Å². The zero-order valence-electron chi connectivity index (χ0n) is 15.6. The van der Waals surface area contributed by atoms with Crippen LogP contribution in [0.3, 0.4) is 0 Å². The molecule has 7 heteroatoms. The van der Waals surface area contributed by atoms with Crippen LogP contribution in [0, 0.1) is 11.3 Å². The van der Waals surface area contributed by atoms with Crippen LogP contribution >= 0.6 is 12.4 Å². The monoisotopic (exact) mass is 390 g/mol. The van der Waals surface area contributed by atoms with E-state index in [1.165, 1.54) is 6.42 Å². The summed E-state index contributed by atoms with van der Waals surface area (Å²) in [6.45, 7) is 1.99. The Bertz CT molecular complexity index is 850. The Balaban J connectivity index is 0.00000210. The Morgan fingerprint density at radius 1 is 1.30 bits per heavy atom. The van der Waals surface area contributed by atoms with E-state index in [2.05, 4.69) is 16.0 Å². The number of carbonyl (C=O) groups excluding carboxylic acids is 2. The number of rotatable bonds is 4. The van der Waals surface area contributed by atoms with Crippen molar-refractivity contribution >= 4 is 40.8 Å². The molecule has 1 aromatic carbocycles. The molecule has 0 spiro atoms. The quantitative estimate of drug-likeness (QED) is 0.750. The average Bonchev–Trinajstić information content (AvgIpc) is 3.26. The van der Waals surface area contributed by atoms with Crippen molar-refractivity contribution in [2.45, 2.75) is 32.2 Å². The van der Waals surface area contributed by atoms with Gasteiger partial charge in [0.1, 0.15) is 6.54 Å². The summed E-state index contributed by atoms with van der Waals surface area (Å²) in [7, 11) is 1.63. The summed E-state index contributed by atoms with van der Waals surface area (Å²) in [5.41, 5.74) is 1.48. The Morgan fingerprint density at radius 2 is 2.15 bits per heavy atom. The van der Waals surface area contributed by atoms with Gasteiger partial charge in [-0.2, -0.15) is 0 Å². The van der Waals surface area contributed by atoms with Gasteiger partial charge in [0.15, 0.2) is 0 Å². The van der Waals surface area contributed by atoms with Gasteiger partial charge >= 0.3 is 0 Å². The summed E-state index contributed by atoms with van der Waals surface area (Å²) >= 11 is 0. The first-order valence-corrected chi connectivity index (χ1v) is 9.44. The molecule has 0 bridgehead atoms. The van der Waals surface area contributed by atoms with E-state index in [1.807, 2.05) is 35.0 Å². The van der Waals surface area contributed by atoms with Gasteiger partial charge in [-0.1, -0.05) is 18.9 Å². The molecular weight excluding hydrogens is 364 g/mol. The lowest BCUT2D eigenvalue weighted by Crippen LogP contribution is -2.44. The van der Waals surface area contributed by atoms with E-state index >= 15 is 0 Å². The molecule has 1 aliphatic carbocycles. The third-order valence-electron chi connectivity index (χ3n) is 6.11. The molecule has 0 unspecified atom stereocenters. The third kappa shape index (κ3) is 3.56. The van der Waals surface area contributed by atoms with Crippen molar-refractivity contribution < 1.29 is 9.59 Å². The number of anilines is 1. The van der Waals surface area contributed by atoms with Crippen LogP contribution in [0.1, 0.15) is 25.7 Å². The highest BCUT2D eigenvalue weighted by Gasteiger charge is 2.49. The number of carbonyl (C=O) groups is 2. The van der Waals surface area contributed by atoms with Crippen molar-refractivity contribution in [2.24, 2.45) is 11.3 Å². The maximum absolute atomic E-state index is 13.1. The number of aromatic nitrogens is 1. The predicted octanol–water partition coefficient (Wildman–Crippen LogP) is 2.53. The van der Waals surface area contributed by atoms with Gasteiger partial charge in [0.05, 0.1) is 10.9 Å². The molecule has 6 nitrogen and oxygen atoms in total. The van der Waals surface area contributed by atoms with Gasteiger partial charge in [-0.3, -0.25) is 9.59 Å². The minimum Gasteiger partial charge on any atom is -0.358 e. The molecule has 4 rings (SSSR count). The minimum absolute atomic E-state index is 0. The largest absolute Gasteiger partial charge is 0.358 e. The number of fused-ring (bicyclic) bond motifs is 2. The predicted molar refractivity (Wildman–Crippen MR) is 109 cm³/mol. The second kappa shape index (κ2) is 7.90. The van der Waals surface area contributed by atoms with Gasteiger partial charge in [-0.15, -0.1) is 12.4 Å². The summed E-state index contributed by atoms with van der Waals surface area (Å²) in [5.74, 6) is 0.533. The van der Waals surface area contributed by atoms with E-state index in [9.17, 15) is 9.59 Å². The fourth-order valence-electron chi connectivity index (χ4n) is 4.58. The zero-order chi connectivity index (χ0) is 18.1. The van der Waals surface area contributed by atoms with Crippen LogP contribution in [0.15, 0.2) is 30.5 Å². The summed E-state index contributed by atoms with van der Waals surface area (Å²) in [5, 5.41) is 10.3. The lowest BCUT2D eigenvalue weighted by Gasteiger charge is -2.37. The molecular formula is C20H27ClN4O2. The highest BCUT2D eigenvalue weighted by Crippen LogP contribution is 2.44. The summed E-state index contributed by atoms with van der Waals surface area (Å²) in [6.07, 6.45) is 6.35. The number of likely N-dealkylation sites (N-methyl/N-ethyl adjacent to an activating group) is 1. The maximum Gasteiger partial charge on any atom is 0.239 e. The van der Waals surface area contributed by atoms with E-state index in [-0.39, 0.29) is 36.2 Å². The molecule has 146 valence electrons. The van der Waals surface area contributed by atoms with Gasteiger partial charge in [0.2, 0.25) is 11.8 Å². The maximum atomic E-state index is 13.1. The van der Waals surface area contributed by atoms with Crippen LogP contribution in [0.4, 0.5) is 5.69 Å². The molecule has 27 heavy (non-hydrogen) atoms. The molecule has 1 saturated carbocycles. The first kappa shape index (κ1) is 19.7. The number of nitrogens with one attached hydrogen (secondary N) is 3. The molecule has 2 fully saturated rings. The molecule has 1 aliphatic heterocycles. The van der Waals surface area contributed by atoms with Crippen LogP contribution in [0.25, 0.3) is 10.9 Å². The Morgan fingerprint density at radius 3 is 2.96 bits per heavy atom. The zero-order valence-corrected chi connectivity index (χ0v) is 16.4. The lowest BCUT2D eigenvalue weighted by molar-refractivity contribution is -0.128.